The van der Waals surface area contributed by atoms with Gasteiger partial charge in [0.05, 0.1) is 111 Å². The summed E-state index contributed by atoms with van der Waals surface area (Å²) in [5, 5.41) is 52.8. The van der Waals surface area contributed by atoms with Gasteiger partial charge in [-0.05, 0) is 33.4 Å². The smallest absolute Gasteiger partial charge is 0.418 e. The zero-order valence-corrected chi connectivity index (χ0v) is 49.7. The average Bonchev–Trinajstić information content (AvgIpc) is 2.76. The Morgan fingerprint density at radius 3 is 0.505 bits per heavy atom. The molecule has 0 fully saturated rings. The molecule has 0 aliphatic heterocycles. The molecule has 12 rings (SSSR count). The number of halogens is 8. The van der Waals surface area contributed by atoms with Crippen LogP contribution in [0.25, 0.3) is 0 Å². The first-order chi connectivity index (χ1) is 43.5. The van der Waals surface area contributed by atoms with Gasteiger partial charge in [-0.25, -0.2) is 28.1 Å². The van der Waals surface area contributed by atoms with Crippen LogP contribution in [0.3, 0.4) is 0 Å². The van der Waals surface area contributed by atoms with Crippen LogP contribution in [0.4, 0.5) is 34.5 Å². The fourth-order valence-corrected chi connectivity index (χ4v) is 9.26. The van der Waals surface area contributed by atoms with Gasteiger partial charge in [0.15, 0.2) is 0 Å². The molecule has 6 heterocycles. The average molecular weight is 1290 g/mol. The molecular weight excluding hydrogens is 1230 g/mol. The molecular formula is C60H60B2F8N20Ni. The number of hydrogen-bond donors (Lipinski definition) is 0. The monoisotopic (exact) mass is 1290 g/mol. The predicted molar refractivity (Wildman–Crippen MR) is 320 cm³/mol. The quantitative estimate of drug-likeness (QED) is 0.0410. The molecule has 0 aliphatic rings. The van der Waals surface area contributed by atoms with E-state index in [9.17, 15) is 34.5 Å². The minimum Gasteiger partial charge on any atom is -0.418 e. The van der Waals surface area contributed by atoms with E-state index in [1.165, 1.54) is 33.4 Å². The summed E-state index contributed by atoms with van der Waals surface area (Å²) in [5.74, 6) is 0. The van der Waals surface area contributed by atoms with Crippen LogP contribution >= 0.6 is 0 Å². The fraction of sp³-hybridized carbons (Fsp3) is 0.200. The van der Waals surface area contributed by atoms with Gasteiger partial charge >= 0.3 is 31.0 Å². The van der Waals surface area contributed by atoms with E-state index in [2.05, 4.69) is 144 Å². The largest absolute Gasteiger partial charge is 2.00 e. The van der Waals surface area contributed by atoms with E-state index >= 15 is 0 Å². The maximum absolute atomic E-state index is 9.75. The van der Waals surface area contributed by atoms with E-state index in [0.717, 1.165) is 34.2 Å². The maximum Gasteiger partial charge on any atom is 2.00 e. The van der Waals surface area contributed by atoms with Crippen LogP contribution in [0.5, 0.6) is 0 Å². The third kappa shape index (κ3) is 24.9. The van der Waals surface area contributed by atoms with Crippen molar-refractivity contribution in [2.45, 2.75) is 78.5 Å². The summed E-state index contributed by atoms with van der Waals surface area (Å²) < 4.78 is 89.2. The minimum absolute atomic E-state index is 0. The zero-order chi connectivity index (χ0) is 63.0. The summed E-state index contributed by atoms with van der Waals surface area (Å²) in [5.41, 5.74) is 12.4. The molecule has 472 valence electrons. The van der Waals surface area contributed by atoms with E-state index in [1.807, 2.05) is 174 Å². The van der Waals surface area contributed by atoms with Gasteiger partial charge in [-0.3, -0.25) is 9.80 Å². The Labute approximate surface area is 528 Å². The summed E-state index contributed by atoms with van der Waals surface area (Å²) in [6.07, 6.45) is 12.0. The first kappa shape index (κ1) is 67.1. The van der Waals surface area contributed by atoms with Crippen molar-refractivity contribution in [3.8, 4) is 0 Å². The predicted octanol–water partition coefficient (Wildman–Crippen LogP) is 10.2. The van der Waals surface area contributed by atoms with Crippen molar-refractivity contribution in [1.29, 1.82) is 0 Å². The topological polar surface area (TPSA) is 191 Å². The van der Waals surface area contributed by atoms with Crippen molar-refractivity contribution in [2.75, 3.05) is 0 Å². The van der Waals surface area contributed by atoms with Gasteiger partial charge in [0.2, 0.25) is 0 Å². The van der Waals surface area contributed by atoms with Crippen LogP contribution in [0.1, 0.15) is 67.5 Å². The van der Waals surface area contributed by atoms with E-state index in [0.29, 0.717) is 78.5 Å². The minimum atomic E-state index is -6.00. The van der Waals surface area contributed by atoms with Gasteiger partial charge in [-0.1, -0.05) is 213 Å². The molecule has 6 aromatic heterocycles. The van der Waals surface area contributed by atoms with Crippen molar-refractivity contribution in [3.05, 3.63) is 287 Å². The molecule has 0 unspecified atom stereocenters. The molecule has 0 amide bonds. The second kappa shape index (κ2) is 33.6. The first-order valence-electron chi connectivity index (χ1n) is 28.3. The summed E-state index contributed by atoms with van der Waals surface area (Å²) in [7, 11) is -12.0. The number of rotatable bonds is 24. The number of nitrogens with zero attached hydrogens (tertiary/aromatic N) is 20. The number of aromatic nitrogens is 18. The van der Waals surface area contributed by atoms with Crippen LogP contribution in [-0.4, -0.2) is 114 Å². The second-order valence-corrected chi connectivity index (χ2v) is 20.6. The van der Waals surface area contributed by atoms with E-state index < -0.39 is 14.5 Å². The summed E-state index contributed by atoms with van der Waals surface area (Å²) >= 11 is 0. The third-order valence-electron chi connectivity index (χ3n) is 13.0. The second-order valence-electron chi connectivity index (χ2n) is 20.6. The van der Waals surface area contributed by atoms with Crippen LogP contribution in [0, 0.1) is 0 Å². The molecule has 0 spiro atoms. The Morgan fingerprint density at radius 2 is 0.374 bits per heavy atom. The van der Waals surface area contributed by atoms with Gasteiger partial charge in [-0.2, -0.15) is 0 Å². The van der Waals surface area contributed by atoms with Crippen LogP contribution in [0.15, 0.2) is 219 Å². The van der Waals surface area contributed by atoms with E-state index in [-0.39, 0.29) is 16.5 Å². The Hall–Kier alpha value is -9.86. The molecule has 0 atom stereocenters. The van der Waals surface area contributed by atoms with Crippen LogP contribution < -0.4 is 0 Å². The molecule has 31 heteroatoms. The normalized spacial score (nSPS) is 11.3. The molecule has 20 nitrogen and oxygen atoms in total. The third-order valence-corrected chi connectivity index (χ3v) is 13.0. The SMILES string of the molecule is F[B-](F)(F)F.F[B-](F)(F)F.[Ni+2].c1ccc(Cn2cc(CN(Cc3cn(Cc4ccccc4)nn3)Cc3cn(Cc4ccccc4)nn3)nn2)cc1.c1ccc(Cn2cc(CN(Cc3cn(Cc4ccccc4)nn3)Cc3cn(Cc4ccccc4)nn3)nn2)cc1. The molecule has 12 aromatic rings. The van der Waals surface area contributed by atoms with Crippen molar-refractivity contribution in [2.24, 2.45) is 0 Å². The Kier molecular flexibility index (Phi) is 24.8. The van der Waals surface area contributed by atoms with Crippen molar-refractivity contribution < 1.29 is 51.0 Å². The molecule has 0 saturated carbocycles. The van der Waals surface area contributed by atoms with Gasteiger partial charge in [0, 0.05) is 39.3 Å². The van der Waals surface area contributed by atoms with Gasteiger partial charge in [-0.15, -0.1) is 30.6 Å². The van der Waals surface area contributed by atoms with Crippen LogP contribution in [0.2, 0.25) is 0 Å². The van der Waals surface area contributed by atoms with Crippen LogP contribution in [-0.2, 0) is 95.0 Å². The summed E-state index contributed by atoms with van der Waals surface area (Å²) in [4.78, 5) is 4.48. The van der Waals surface area contributed by atoms with Gasteiger partial charge < -0.3 is 34.5 Å². The summed E-state index contributed by atoms with van der Waals surface area (Å²) in [6.45, 7) is 7.59. The Balaban J connectivity index is 0.000000202. The van der Waals surface area contributed by atoms with E-state index in [1.54, 1.807) is 0 Å². The van der Waals surface area contributed by atoms with E-state index in [4.69, 9.17) is 0 Å². The fourth-order valence-electron chi connectivity index (χ4n) is 9.26. The molecule has 0 N–H and O–H groups in total. The molecule has 0 radical (unpaired) electrons. The maximum atomic E-state index is 9.75. The number of hydrogen-bond acceptors (Lipinski definition) is 14. The zero-order valence-electron chi connectivity index (χ0n) is 48.7. The Morgan fingerprint density at radius 1 is 0.242 bits per heavy atom. The number of benzene rings is 6. The first-order valence-corrected chi connectivity index (χ1v) is 28.3. The summed E-state index contributed by atoms with van der Waals surface area (Å²) in [6, 6.07) is 61.5. The molecule has 6 aromatic carbocycles. The van der Waals surface area contributed by atoms with Gasteiger partial charge in [0.25, 0.3) is 0 Å². The molecule has 0 bridgehead atoms. The molecule has 91 heavy (non-hydrogen) atoms. The van der Waals surface area contributed by atoms with Gasteiger partial charge in [0.1, 0.15) is 0 Å². The standard InChI is InChI=1S/2C30H30N10.2BF4.Ni/c2*1-4-10-25(11-5-1)16-38-22-28(31-34-38)19-37(20-29-23-39(35-32-29)17-26-12-6-2-7-13-26)21-30-24-40(36-33-30)18-27-14-8-3-9-15-27;2*2-1(3,4)5;/h2*1-15,22-24H,16-21H2;;;/q;;2*-1;+2. The molecule has 0 aliphatic carbocycles. The Bertz CT molecular complexity index is 3310. The van der Waals surface area contributed by atoms with Crippen molar-refractivity contribution in [1.82, 2.24) is 99.8 Å². The van der Waals surface area contributed by atoms with Crippen molar-refractivity contribution in [3.63, 3.8) is 0 Å². The molecule has 0 saturated heterocycles. The van der Waals surface area contributed by atoms with Crippen molar-refractivity contribution >= 4 is 14.5 Å².